The molecular formula is C9H17NOS2. The molecule has 0 aromatic heterocycles. The van der Waals surface area contributed by atoms with Gasteiger partial charge in [0.05, 0.1) is 0 Å². The predicted molar refractivity (Wildman–Crippen MR) is 63.7 cm³/mol. The Hall–Kier alpha value is -0.0900. The molecule has 0 saturated heterocycles. The fraction of sp³-hybridized carbons (Fsp3) is 0.667. The van der Waals surface area contributed by atoms with E-state index in [0.29, 0.717) is 5.75 Å². The SMILES string of the molecule is CC(C)=CC(=O)N[C@@H](CS)CCS. The molecule has 0 heterocycles. The summed E-state index contributed by atoms with van der Waals surface area (Å²) in [7, 11) is 0. The highest BCUT2D eigenvalue weighted by molar-refractivity contribution is 7.80. The fourth-order valence-electron chi connectivity index (χ4n) is 0.870. The number of amides is 1. The van der Waals surface area contributed by atoms with Crippen LogP contribution in [0.5, 0.6) is 0 Å². The molecule has 0 saturated carbocycles. The monoisotopic (exact) mass is 219 g/mol. The van der Waals surface area contributed by atoms with Crippen molar-refractivity contribution in [2.75, 3.05) is 11.5 Å². The highest BCUT2D eigenvalue weighted by Gasteiger charge is 2.07. The van der Waals surface area contributed by atoms with Crippen LogP contribution >= 0.6 is 25.3 Å². The maximum absolute atomic E-state index is 11.3. The lowest BCUT2D eigenvalue weighted by molar-refractivity contribution is -0.117. The van der Waals surface area contributed by atoms with Gasteiger partial charge < -0.3 is 5.32 Å². The van der Waals surface area contributed by atoms with Gasteiger partial charge in [0.15, 0.2) is 0 Å². The molecule has 0 aromatic rings. The van der Waals surface area contributed by atoms with Gasteiger partial charge in [0.1, 0.15) is 0 Å². The number of thiol groups is 2. The lowest BCUT2D eigenvalue weighted by Gasteiger charge is -2.13. The Balaban J connectivity index is 3.94. The van der Waals surface area contributed by atoms with E-state index in [1.807, 2.05) is 13.8 Å². The summed E-state index contributed by atoms with van der Waals surface area (Å²) in [5.41, 5.74) is 1.00. The van der Waals surface area contributed by atoms with E-state index in [1.54, 1.807) is 6.08 Å². The number of allylic oxidation sites excluding steroid dienone is 1. The van der Waals surface area contributed by atoms with Crippen molar-refractivity contribution < 1.29 is 4.79 Å². The quantitative estimate of drug-likeness (QED) is 0.477. The Labute approximate surface area is 91.0 Å². The van der Waals surface area contributed by atoms with Crippen LogP contribution < -0.4 is 5.32 Å². The second-order valence-electron chi connectivity index (χ2n) is 3.12. The van der Waals surface area contributed by atoms with E-state index in [2.05, 4.69) is 30.6 Å². The summed E-state index contributed by atoms with van der Waals surface area (Å²) in [5, 5.41) is 2.86. The largest absolute Gasteiger partial charge is 0.349 e. The summed E-state index contributed by atoms with van der Waals surface area (Å²) < 4.78 is 0. The molecule has 0 rings (SSSR count). The van der Waals surface area contributed by atoms with Crippen molar-refractivity contribution in [2.24, 2.45) is 0 Å². The first-order valence-electron chi connectivity index (χ1n) is 4.27. The van der Waals surface area contributed by atoms with Crippen molar-refractivity contribution in [3.05, 3.63) is 11.6 Å². The predicted octanol–water partition coefficient (Wildman–Crippen LogP) is 1.69. The van der Waals surface area contributed by atoms with Crippen molar-refractivity contribution in [3.8, 4) is 0 Å². The third kappa shape index (κ3) is 7.02. The fourth-order valence-corrected chi connectivity index (χ4v) is 1.46. The van der Waals surface area contributed by atoms with Gasteiger partial charge in [0, 0.05) is 17.9 Å². The third-order valence-electron chi connectivity index (χ3n) is 1.46. The molecule has 1 atom stereocenters. The van der Waals surface area contributed by atoms with Gasteiger partial charge in [-0.1, -0.05) is 5.57 Å². The first-order valence-corrected chi connectivity index (χ1v) is 5.53. The Morgan fingerprint density at radius 2 is 2.08 bits per heavy atom. The molecule has 0 spiro atoms. The average molecular weight is 219 g/mol. The van der Waals surface area contributed by atoms with E-state index in [4.69, 9.17) is 0 Å². The Kier molecular flexibility index (Phi) is 7.28. The molecule has 13 heavy (non-hydrogen) atoms. The zero-order valence-electron chi connectivity index (χ0n) is 8.08. The maximum atomic E-state index is 11.3. The third-order valence-corrected chi connectivity index (χ3v) is 2.16. The molecule has 2 nitrogen and oxygen atoms in total. The van der Waals surface area contributed by atoms with Crippen LogP contribution in [0.1, 0.15) is 20.3 Å². The van der Waals surface area contributed by atoms with E-state index < -0.39 is 0 Å². The normalized spacial score (nSPS) is 12.0. The van der Waals surface area contributed by atoms with E-state index in [1.165, 1.54) is 0 Å². The van der Waals surface area contributed by atoms with Crippen LogP contribution in [0.15, 0.2) is 11.6 Å². The molecule has 0 fully saturated rings. The van der Waals surface area contributed by atoms with Gasteiger partial charge in [0.2, 0.25) is 5.91 Å². The zero-order valence-corrected chi connectivity index (χ0v) is 9.87. The standard InChI is InChI=1S/C9H17NOS2/c1-7(2)5-9(11)10-8(6-13)3-4-12/h5,8,12-13H,3-4,6H2,1-2H3,(H,10,11)/t8-/m1/s1. The minimum Gasteiger partial charge on any atom is -0.349 e. The number of carbonyl (C=O) groups excluding carboxylic acids is 1. The van der Waals surface area contributed by atoms with Crippen LogP contribution in [0.2, 0.25) is 0 Å². The van der Waals surface area contributed by atoms with Gasteiger partial charge in [-0.2, -0.15) is 25.3 Å². The van der Waals surface area contributed by atoms with Crippen LogP contribution in [-0.4, -0.2) is 23.5 Å². The van der Waals surface area contributed by atoms with Crippen molar-refractivity contribution in [1.29, 1.82) is 0 Å². The van der Waals surface area contributed by atoms with Crippen molar-refractivity contribution in [3.63, 3.8) is 0 Å². The summed E-state index contributed by atoms with van der Waals surface area (Å²) in [6, 6.07) is 0.129. The van der Waals surface area contributed by atoms with Gasteiger partial charge in [-0.3, -0.25) is 4.79 Å². The summed E-state index contributed by atoms with van der Waals surface area (Å²) in [4.78, 5) is 11.3. The molecule has 1 amide bonds. The van der Waals surface area contributed by atoms with Gasteiger partial charge in [-0.05, 0) is 26.0 Å². The van der Waals surface area contributed by atoms with Gasteiger partial charge >= 0.3 is 0 Å². The van der Waals surface area contributed by atoms with E-state index >= 15 is 0 Å². The van der Waals surface area contributed by atoms with Crippen LogP contribution in [0.3, 0.4) is 0 Å². The van der Waals surface area contributed by atoms with E-state index in [-0.39, 0.29) is 11.9 Å². The molecule has 0 unspecified atom stereocenters. The van der Waals surface area contributed by atoms with E-state index in [0.717, 1.165) is 17.7 Å². The number of hydrogen-bond donors (Lipinski definition) is 3. The summed E-state index contributed by atoms with van der Waals surface area (Å²) in [5.74, 6) is 1.38. The minimum atomic E-state index is -0.0409. The van der Waals surface area contributed by atoms with Gasteiger partial charge in [0.25, 0.3) is 0 Å². The lowest BCUT2D eigenvalue weighted by atomic mass is 10.2. The number of carbonyl (C=O) groups is 1. The average Bonchev–Trinajstić information content (AvgIpc) is 2.02. The Bertz CT molecular complexity index is 188. The Morgan fingerprint density at radius 3 is 2.46 bits per heavy atom. The van der Waals surface area contributed by atoms with Gasteiger partial charge in [-0.15, -0.1) is 0 Å². The highest BCUT2D eigenvalue weighted by Crippen LogP contribution is 1.97. The molecule has 0 radical (unpaired) electrons. The summed E-state index contributed by atoms with van der Waals surface area (Å²) in [6.07, 6.45) is 2.45. The van der Waals surface area contributed by atoms with Gasteiger partial charge in [-0.25, -0.2) is 0 Å². The summed E-state index contributed by atoms with van der Waals surface area (Å²) >= 11 is 8.25. The molecule has 0 aliphatic rings. The molecule has 76 valence electrons. The topological polar surface area (TPSA) is 29.1 Å². The van der Waals surface area contributed by atoms with Crippen LogP contribution in [0.25, 0.3) is 0 Å². The second kappa shape index (κ2) is 7.33. The van der Waals surface area contributed by atoms with Crippen molar-refractivity contribution in [2.45, 2.75) is 26.3 Å². The second-order valence-corrected chi connectivity index (χ2v) is 3.93. The highest BCUT2D eigenvalue weighted by atomic mass is 32.1. The maximum Gasteiger partial charge on any atom is 0.244 e. The van der Waals surface area contributed by atoms with Crippen molar-refractivity contribution >= 4 is 31.2 Å². The van der Waals surface area contributed by atoms with Crippen LogP contribution in [0.4, 0.5) is 0 Å². The first kappa shape index (κ1) is 12.9. The molecule has 1 N–H and O–H groups in total. The zero-order chi connectivity index (χ0) is 10.3. The van der Waals surface area contributed by atoms with Crippen molar-refractivity contribution in [1.82, 2.24) is 5.32 Å². The smallest absolute Gasteiger partial charge is 0.244 e. The lowest BCUT2D eigenvalue weighted by Crippen LogP contribution is -2.35. The number of hydrogen-bond acceptors (Lipinski definition) is 3. The minimum absolute atomic E-state index is 0.0409. The van der Waals surface area contributed by atoms with E-state index in [9.17, 15) is 4.79 Å². The molecule has 0 aliphatic carbocycles. The molecule has 0 aromatic carbocycles. The molecule has 0 aliphatic heterocycles. The first-order chi connectivity index (χ1) is 6.10. The van der Waals surface area contributed by atoms with Crippen LogP contribution in [-0.2, 0) is 4.79 Å². The summed E-state index contributed by atoms with van der Waals surface area (Å²) in [6.45, 7) is 3.79. The molecule has 0 bridgehead atoms. The Morgan fingerprint density at radius 1 is 1.46 bits per heavy atom. The molecular weight excluding hydrogens is 202 g/mol. The van der Waals surface area contributed by atoms with Crippen LogP contribution in [0, 0.1) is 0 Å². The number of rotatable bonds is 5. The number of nitrogens with one attached hydrogen (secondary N) is 1. The molecule has 4 heteroatoms.